The van der Waals surface area contributed by atoms with Gasteiger partial charge in [-0.2, -0.15) is 0 Å². The van der Waals surface area contributed by atoms with Crippen molar-refractivity contribution in [1.29, 1.82) is 0 Å². The molecule has 0 aliphatic heterocycles. The monoisotopic (exact) mass is 1290 g/mol. The van der Waals surface area contributed by atoms with Crippen molar-refractivity contribution in [2.24, 2.45) is 0 Å². The number of halogens is 6. The first kappa shape index (κ1) is 55.5. The van der Waals surface area contributed by atoms with Crippen molar-refractivity contribution < 1.29 is 4.79 Å². The minimum absolute atomic E-state index is 0.143. The highest BCUT2D eigenvalue weighted by Gasteiger charge is 2.15. The summed E-state index contributed by atoms with van der Waals surface area (Å²) in [5.41, 5.74) is 21.4. The van der Waals surface area contributed by atoms with E-state index in [0.29, 0.717) is 10.6 Å². The highest BCUT2D eigenvalue weighted by atomic mass is 127. The maximum Gasteiger partial charge on any atom is 0.255 e. The second-order valence-electron chi connectivity index (χ2n) is 17.0. The molecule has 0 spiro atoms. The van der Waals surface area contributed by atoms with Crippen LogP contribution in [0.4, 0.5) is 11.4 Å². The largest absolute Gasteiger partial charge is 0.398 e. The van der Waals surface area contributed by atoms with E-state index in [4.69, 9.17) is 40.5 Å². The molecule has 3 nitrogen and oxygen atoms in total. The molecular formula is C67H48Br2Cl3IN2O. The number of amides is 1. The van der Waals surface area contributed by atoms with Crippen molar-refractivity contribution in [1.82, 2.24) is 0 Å². The van der Waals surface area contributed by atoms with Gasteiger partial charge in [-0.25, -0.2) is 0 Å². The van der Waals surface area contributed by atoms with Gasteiger partial charge >= 0.3 is 0 Å². The van der Waals surface area contributed by atoms with E-state index in [2.05, 4.69) is 108 Å². The molecule has 0 heterocycles. The van der Waals surface area contributed by atoms with Crippen LogP contribution in [0.15, 0.2) is 282 Å². The van der Waals surface area contributed by atoms with Crippen molar-refractivity contribution in [2.45, 2.75) is 0 Å². The Kier molecular flexibility index (Phi) is 20.3. The smallest absolute Gasteiger partial charge is 0.255 e. The summed E-state index contributed by atoms with van der Waals surface area (Å²) in [6.45, 7) is 0. The molecule has 0 atom stereocenters. The van der Waals surface area contributed by atoms with Gasteiger partial charge in [0.15, 0.2) is 0 Å². The van der Waals surface area contributed by atoms with Crippen molar-refractivity contribution >= 4 is 107 Å². The molecule has 1 amide bonds. The van der Waals surface area contributed by atoms with E-state index in [0.717, 1.165) is 81.5 Å². The first-order chi connectivity index (χ1) is 37.0. The molecule has 11 aromatic carbocycles. The molecule has 0 radical (unpaired) electrons. The Balaban J connectivity index is 0.000000153. The third-order valence-electron chi connectivity index (χ3n) is 12.0. The molecule has 0 aliphatic carbocycles. The molecule has 0 saturated carbocycles. The molecule has 374 valence electrons. The third kappa shape index (κ3) is 15.2. The fraction of sp³-hybridized carbons (Fsp3) is 0. The average Bonchev–Trinajstić information content (AvgIpc) is 3.46. The summed E-state index contributed by atoms with van der Waals surface area (Å²) in [7, 11) is 0. The average molecular weight is 1290 g/mol. The first-order valence-corrected chi connectivity index (χ1v) is 27.8. The van der Waals surface area contributed by atoms with E-state index >= 15 is 0 Å². The lowest BCUT2D eigenvalue weighted by Gasteiger charge is -2.15. The quantitative estimate of drug-likeness (QED) is 0.118. The summed E-state index contributed by atoms with van der Waals surface area (Å²) in [5.74, 6) is -0.143. The van der Waals surface area contributed by atoms with E-state index in [-0.39, 0.29) is 5.91 Å². The molecule has 11 rings (SSSR count). The van der Waals surface area contributed by atoms with Gasteiger partial charge in [0.2, 0.25) is 0 Å². The lowest BCUT2D eigenvalue weighted by Crippen LogP contribution is -2.12. The van der Waals surface area contributed by atoms with Crippen LogP contribution < -0.4 is 11.1 Å². The summed E-state index contributed by atoms with van der Waals surface area (Å²) in [6, 6.07) is 89.8. The summed E-state index contributed by atoms with van der Waals surface area (Å²) < 4.78 is 3.52. The topological polar surface area (TPSA) is 55.1 Å². The fourth-order valence-electron chi connectivity index (χ4n) is 8.17. The van der Waals surface area contributed by atoms with Gasteiger partial charge in [0.1, 0.15) is 0 Å². The minimum atomic E-state index is -0.143. The number of hydrogen-bond acceptors (Lipinski definition) is 2. The molecule has 0 saturated heterocycles. The van der Waals surface area contributed by atoms with Gasteiger partial charge in [-0.05, 0) is 173 Å². The van der Waals surface area contributed by atoms with E-state index in [1.807, 2.05) is 224 Å². The zero-order valence-corrected chi connectivity index (χ0v) is 48.3. The lowest BCUT2D eigenvalue weighted by molar-refractivity contribution is 0.102. The summed E-state index contributed by atoms with van der Waals surface area (Å²) in [4.78, 5) is 13.1. The number of carbonyl (C=O) groups is 1. The van der Waals surface area contributed by atoms with E-state index < -0.39 is 0 Å². The molecule has 11 aromatic rings. The van der Waals surface area contributed by atoms with Gasteiger partial charge in [0.25, 0.3) is 5.91 Å². The molecule has 0 unspecified atom stereocenters. The zero-order chi connectivity index (χ0) is 53.2. The van der Waals surface area contributed by atoms with Gasteiger partial charge in [0.05, 0.1) is 0 Å². The Labute approximate surface area is 490 Å². The van der Waals surface area contributed by atoms with Crippen LogP contribution in [0.5, 0.6) is 0 Å². The number of anilines is 2. The number of hydrogen-bond donors (Lipinski definition) is 2. The maximum atomic E-state index is 13.1. The van der Waals surface area contributed by atoms with Crippen molar-refractivity contribution in [3.05, 3.63) is 306 Å². The molecular weight excluding hydrogens is 1240 g/mol. The van der Waals surface area contributed by atoms with Gasteiger partial charge in [-0.1, -0.05) is 245 Å². The normalized spacial score (nSPS) is 10.3. The number of benzene rings is 11. The molecule has 9 heteroatoms. The summed E-state index contributed by atoms with van der Waals surface area (Å²) in [5, 5.41) is 5.32. The van der Waals surface area contributed by atoms with Crippen LogP contribution in [0, 0.1) is 3.57 Å². The maximum absolute atomic E-state index is 13.1. The Hall–Kier alpha value is -6.75. The van der Waals surface area contributed by atoms with Crippen LogP contribution in [0.3, 0.4) is 0 Å². The van der Waals surface area contributed by atoms with E-state index in [1.165, 1.54) is 19.2 Å². The van der Waals surface area contributed by atoms with Crippen LogP contribution in [0.2, 0.25) is 15.1 Å². The van der Waals surface area contributed by atoms with Crippen molar-refractivity contribution in [3.63, 3.8) is 0 Å². The number of nitrogens with one attached hydrogen (secondary N) is 1. The molecule has 3 N–H and O–H groups in total. The van der Waals surface area contributed by atoms with Crippen LogP contribution >= 0.6 is 89.3 Å². The van der Waals surface area contributed by atoms with Crippen molar-refractivity contribution in [3.8, 4) is 66.8 Å². The standard InChI is InChI=1S/C31H22ClNO.C18H14ClN.C12H8BrCl.C6H4BrI/c32-26-20-18-24(19-21-26)27-10-4-5-11-28(27)29-12-6-7-13-30(29)33-31(34)25-16-14-23(15-17-25)22-8-2-1-3-9-22;19-14-11-9-13(10-12-14)15-5-1-2-6-16(15)17-7-3-4-8-18(17)20;13-12-4-2-1-3-11(12)9-5-7-10(14)8-6-9;7-5-3-1-2-4-6(5)8/h1-21H,(H,33,34);1-12H,20H2;1-8H;1-4H. The number of nitrogen functional groups attached to an aromatic ring is 1. The number of para-hydroxylation sites is 2. The van der Waals surface area contributed by atoms with Crippen LogP contribution in [0.25, 0.3) is 66.8 Å². The molecule has 0 aliphatic rings. The van der Waals surface area contributed by atoms with Crippen LogP contribution in [-0.2, 0) is 0 Å². The van der Waals surface area contributed by atoms with E-state index in [9.17, 15) is 4.79 Å². The predicted molar refractivity (Wildman–Crippen MR) is 340 cm³/mol. The van der Waals surface area contributed by atoms with Gasteiger partial charge < -0.3 is 11.1 Å². The van der Waals surface area contributed by atoms with Gasteiger partial charge in [-0.15, -0.1) is 0 Å². The number of rotatable bonds is 8. The molecule has 0 bridgehead atoms. The highest BCUT2D eigenvalue weighted by molar-refractivity contribution is 14.1. The molecule has 0 fully saturated rings. The Morgan fingerprint density at radius 2 is 0.697 bits per heavy atom. The molecule has 0 aromatic heterocycles. The van der Waals surface area contributed by atoms with Gasteiger partial charge in [-0.3, -0.25) is 4.79 Å². The Bertz CT molecular complexity index is 3630. The van der Waals surface area contributed by atoms with E-state index in [1.54, 1.807) is 0 Å². The highest BCUT2D eigenvalue weighted by Crippen LogP contribution is 2.38. The zero-order valence-electron chi connectivity index (χ0n) is 40.7. The number of nitrogens with two attached hydrogens (primary N) is 1. The molecule has 76 heavy (non-hydrogen) atoms. The second kappa shape index (κ2) is 27.9. The minimum Gasteiger partial charge on any atom is -0.398 e. The lowest BCUT2D eigenvalue weighted by atomic mass is 9.93. The number of carbonyl (C=O) groups excluding carboxylic acids is 1. The fourth-order valence-corrected chi connectivity index (χ4v) is 9.73. The summed E-state index contributed by atoms with van der Waals surface area (Å²) in [6.07, 6.45) is 0. The summed E-state index contributed by atoms with van der Waals surface area (Å²) >= 11 is 27.1. The van der Waals surface area contributed by atoms with Crippen LogP contribution in [-0.4, -0.2) is 5.91 Å². The third-order valence-corrected chi connectivity index (χ3v) is 15.8. The Morgan fingerprint density at radius 1 is 0.342 bits per heavy atom. The van der Waals surface area contributed by atoms with Crippen molar-refractivity contribution in [2.75, 3.05) is 11.1 Å². The predicted octanol–water partition coefficient (Wildman–Crippen LogP) is 21.7. The van der Waals surface area contributed by atoms with Gasteiger partial charge in [0, 0.05) is 55.6 Å². The SMILES string of the molecule is Brc1ccccc1I.Clc1ccc(-c2ccccc2Br)cc1.Nc1ccccc1-c1ccccc1-c1ccc(Cl)cc1.O=C(Nc1ccccc1-c1ccccc1-c1ccc(Cl)cc1)c1ccc(-c2ccccc2)cc1. The first-order valence-electron chi connectivity index (χ1n) is 24.0. The van der Waals surface area contributed by atoms with Crippen LogP contribution in [0.1, 0.15) is 10.4 Å². The second-order valence-corrected chi connectivity index (χ2v) is 21.2. The Morgan fingerprint density at radius 3 is 1.17 bits per heavy atom.